The molecular formula is C17H22N4O3S2. The first-order valence-electron chi connectivity index (χ1n) is 8.45. The molecule has 0 aliphatic carbocycles. The molecule has 0 radical (unpaired) electrons. The molecule has 3 rings (SSSR count). The molecule has 2 aromatic rings. The zero-order chi connectivity index (χ0) is 18.9. The Kier molecular flexibility index (Phi) is 5.29. The lowest BCUT2D eigenvalue weighted by molar-refractivity contribution is -0.131. The van der Waals surface area contributed by atoms with E-state index >= 15 is 0 Å². The second-order valence-corrected chi connectivity index (χ2v) is 9.30. The van der Waals surface area contributed by atoms with E-state index in [0.29, 0.717) is 23.6 Å². The Balaban J connectivity index is 1.70. The molecule has 1 aliphatic heterocycles. The van der Waals surface area contributed by atoms with E-state index < -0.39 is 9.84 Å². The standard InChI is InChI=1S/C17H22N4O3S2/c1-12-3-5-13(6-4-12)16-18-19-17(25)21(16)9-7-15(22)20(2)14-8-10-26(23,24)11-14/h3-6,14H,7-11H2,1-2H3,(H,19,25)/t14-/m1/s1. The summed E-state index contributed by atoms with van der Waals surface area (Å²) in [4.78, 5) is 14.0. The average molecular weight is 395 g/mol. The fourth-order valence-electron chi connectivity index (χ4n) is 3.12. The van der Waals surface area contributed by atoms with Gasteiger partial charge in [-0.15, -0.1) is 0 Å². The number of carbonyl (C=O) groups is 1. The molecule has 7 nitrogen and oxygen atoms in total. The van der Waals surface area contributed by atoms with Gasteiger partial charge in [-0.1, -0.05) is 29.8 Å². The van der Waals surface area contributed by atoms with Gasteiger partial charge in [0.05, 0.1) is 11.5 Å². The summed E-state index contributed by atoms with van der Waals surface area (Å²) in [6.07, 6.45) is 0.740. The minimum Gasteiger partial charge on any atom is -0.342 e. The Labute approximate surface area is 157 Å². The molecule has 0 saturated carbocycles. The summed E-state index contributed by atoms with van der Waals surface area (Å²) in [7, 11) is -1.35. The molecule has 9 heteroatoms. The first-order chi connectivity index (χ1) is 12.3. The third kappa shape index (κ3) is 4.04. The largest absolute Gasteiger partial charge is 0.342 e. The topological polar surface area (TPSA) is 88.1 Å². The number of aromatic nitrogens is 3. The summed E-state index contributed by atoms with van der Waals surface area (Å²) in [5.41, 5.74) is 2.07. The van der Waals surface area contributed by atoms with Crippen molar-refractivity contribution in [2.24, 2.45) is 0 Å². The Bertz CT molecular complexity index is 961. The van der Waals surface area contributed by atoms with Crippen molar-refractivity contribution >= 4 is 28.0 Å². The van der Waals surface area contributed by atoms with Crippen molar-refractivity contribution in [1.29, 1.82) is 0 Å². The van der Waals surface area contributed by atoms with Gasteiger partial charge in [-0.25, -0.2) is 8.42 Å². The van der Waals surface area contributed by atoms with E-state index in [2.05, 4.69) is 10.2 Å². The fourth-order valence-corrected chi connectivity index (χ4v) is 5.11. The van der Waals surface area contributed by atoms with E-state index in [1.54, 1.807) is 16.5 Å². The number of aromatic amines is 1. The lowest BCUT2D eigenvalue weighted by Crippen LogP contribution is -2.38. The van der Waals surface area contributed by atoms with Gasteiger partial charge in [-0.2, -0.15) is 5.10 Å². The van der Waals surface area contributed by atoms with E-state index in [1.165, 1.54) is 0 Å². The predicted molar refractivity (Wildman–Crippen MR) is 102 cm³/mol. The van der Waals surface area contributed by atoms with Crippen molar-refractivity contribution in [3.05, 3.63) is 34.6 Å². The highest BCUT2D eigenvalue weighted by molar-refractivity contribution is 7.91. The highest BCUT2D eigenvalue weighted by Gasteiger charge is 2.32. The summed E-state index contributed by atoms with van der Waals surface area (Å²) in [5, 5.41) is 7.06. The summed E-state index contributed by atoms with van der Waals surface area (Å²) in [6.45, 7) is 2.40. The lowest BCUT2D eigenvalue weighted by Gasteiger charge is -2.23. The number of sulfone groups is 1. The molecule has 1 aromatic carbocycles. The predicted octanol–water partition coefficient (Wildman–Crippen LogP) is 1.95. The highest BCUT2D eigenvalue weighted by atomic mass is 32.2. The third-order valence-corrected chi connectivity index (χ3v) is 6.83. The summed E-state index contributed by atoms with van der Waals surface area (Å²) >= 11 is 5.29. The normalized spacial score (nSPS) is 18.8. The quantitative estimate of drug-likeness (QED) is 0.783. The maximum absolute atomic E-state index is 12.5. The number of nitrogens with one attached hydrogen (secondary N) is 1. The Morgan fingerprint density at radius 1 is 1.38 bits per heavy atom. The zero-order valence-electron chi connectivity index (χ0n) is 14.8. The number of carbonyl (C=O) groups excluding carboxylic acids is 1. The van der Waals surface area contributed by atoms with Crippen LogP contribution in [-0.2, 0) is 21.2 Å². The summed E-state index contributed by atoms with van der Waals surface area (Å²) < 4.78 is 25.5. The van der Waals surface area contributed by atoms with Gasteiger partial charge in [0.15, 0.2) is 20.4 Å². The summed E-state index contributed by atoms with van der Waals surface area (Å²) in [6, 6.07) is 7.69. The minimum atomic E-state index is -3.02. The van der Waals surface area contributed by atoms with Gasteiger partial charge >= 0.3 is 0 Å². The van der Waals surface area contributed by atoms with Crippen molar-refractivity contribution in [1.82, 2.24) is 19.7 Å². The molecule has 2 heterocycles. The lowest BCUT2D eigenvalue weighted by atomic mass is 10.1. The molecule has 0 spiro atoms. The van der Waals surface area contributed by atoms with Gasteiger partial charge in [0.1, 0.15) is 0 Å². The number of hydrogen-bond acceptors (Lipinski definition) is 5. The molecule has 0 bridgehead atoms. The smallest absolute Gasteiger partial charge is 0.224 e. The number of H-pyrrole nitrogens is 1. The fraction of sp³-hybridized carbons (Fsp3) is 0.471. The Morgan fingerprint density at radius 2 is 2.08 bits per heavy atom. The zero-order valence-corrected chi connectivity index (χ0v) is 16.4. The van der Waals surface area contributed by atoms with Crippen molar-refractivity contribution in [3.63, 3.8) is 0 Å². The number of amides is 1. The Hall–Kier alpha value is -2.00. The van der Waals surface area contributed by atoms with Crippen LogP contribution in [0.25, 0.3) is 11.4 Å². The second-order valence-electron chi connectivity index (χ2n) is 6.68. The van der Waals surface area contributed by atoms with Crippen LogP contribution in [0.4, 0.5) is 0 Å². The van der Waals surface area contributed by atoms with Gasteiger partial charge in [-0.05, 0) is 25.6 Å². The summed E-state index contributed by atoms with van der Waals surface area (Å²) in [5.74, 6) is 0.799. The Morgan fingerprint density at radius 3 is 2.69 bits per heavy atom. The first-order valence-corrected chi connectivity index (χ1v) is 10.7. The SMILES string of the molecule is Cc1ccc(-c2n[nH]c(=S)n2CCC(=O)N(C)[C@@H]2CCS(=O)(=O)C2)cc1. The number of hydrogen-bond donors (Lipinski definition) is 1. The van der Waals surface area contributed by atoms with E-state index in [9.17, 15) is 13.2 Å². The van der Waals surface area contributed by atoms with Crippen molar-refractivity contribution in [2.75, 3.05) is 18.6 Å². The second kappa shape index (κ2) is 7.32. The molecule has 1 atom stereocenters. The first kappa shape index (κ1) is 18.8. The van der Waals surface area contributed by atoms with Crippen molar-refractivity contribution in [2.45, 2.75) is 32.4 Å². The number of rotatable bonds is 5. The molecule has 1 fully saturated rings. The van der Waals surface area contributed by atoms with E-state index in [1.807, 2.05) is 31.2 Å². The van der Waals surface area contributed by atoms with Crippen LogP contribution >= 0.6 is 12.2 Å². The van der Waals surface area contributed by atoms with Crippen LogP contribution in [0, 0.1) is 11.7 Å². The molecule has 1 N–H and O–H groups in total. The number of benzene rings is 1. The van der Waals surface area contributed by atoms with Crippen LogP contribution in [-0.4, -0.2) is 58.6 Å². The number of nitrogens with zero attached hydrogens (tertiary/aromatic N) is 3. The molecule has 0 unspecified atom stereocenters. The van der Waals surface area contributed by atoms with Crippen LogP contribution in [0.2, 0.25) is 0 Å². The minimum absolute atomic E-state index is 0.0506. The molecular weight excluding hydrogens is 372 g/mol. The van der Waals surface area contributed by atoms with E-state index in [4.69, 9.17) is 12.2 Å². The third-order valence-electron chi connectivity index (χ3n) is 4.77. The van der Waals surface area contributed by atoms with E-state index in [-0.39, 0.29) is 29.9 Å². The van der Waals surface area contributed by atoms with Gasteiger partial charge in [0, 0.05) is 31.6 Å². The maximum Gasteiger partial charge on any atom is 0.224 e. The highest BCUT2D eigenvalue weighted by Crippen LogP contribution is 2.20. The van der Waals surface area contributed by atoms with Crippen LogP contribution < -0.4 is 0 Å². The van der Waals surface area contributed by atoms with Crippen LogP contribution in [0.1, 0.15) is 18.4 Å². The molecule has 1 aromatic heterocycles. The van der Waals surface area contributed by atoms with Crippen molar-refractivity contribution in [3.8, 4) is 11.4 Å². The van der Waals surface area contributed by atoms with Crippen LogP contribution in [0.3, 0.4) is 0 Å². The molecule has 1 aliphatic rings. The molecule has 26 heavy (non-hydrogen) atoms. The van der Waals surface area contributed by atoms with E-state index in [0.717, 1.165) is 11.1 Å². The van der Waals surface area contributed by atoms with Gasteiger partial charge < -0.3 is 4.90 Å². The van der Waals surface area contributed by atoms with Gasteiger partial charge in [0.2, 0.25) is 5.91 Å². The average Bonchev–Trinajstić information content (AvgIpc) is 3.15. The van der Waals surface area contributed by atoms with Gasteiger partial charge in [-0.3, -0.25) is 14.5 Å². The number of aryl methyl sites for hydroxylation is 1. The van der Waals surface area contributed by atoms with Crippen LogP contribution in [0.15, 0.2) is 24.3 Å². The molecule has 140 valence electrons. The van der Waals surface area contributed by atoms with Crippen molar-refractivity contribution < 1.29 is 13.2 Å². The van der Waals surface area contributed by atoms with Gasteiger partial charge in [0.25, 0.3) is 0 Å². The molecule has 1 saturated heterocycles. The maximum atomic E-state index is 12.5. The monoisotopic (exact) mass is 394 g/mol. The van der Waals surface area contributed by atoms with Crippen LogP contribution in [0.5, 0.6) is 0 Å². The molecule has 1 amide bonds.